The van der Waals surface area contributed by atoms with Gasteiger partial charge in [0.2, 0.25) is 0 Å². The first kappa shape index (κ1) is 12.4. The molecular weight excluding hydrogens is 252 g/mol. The van der Waals surface area contributed by atoms with Gasteiger partial charge in [-0.3, -0.25) is 9.48 Å². The zero-order chi connectivity index (χ0) is 13.3. The van der Waals surface area contributed by atoms with Crippen molar-refractivity contribution >= 4 is 28.9 Å². The predicted octanol–water partition coefficient (Wildman–Crippen LogP) is 1.93. The van der Waals surface area contributed by atoms with Crippen LogP contribution in [-0.4, -0.2) is 22.7 Å². The third-order valence-corrected chi connectivity index (χ3v) is 2.83. The summed E-state index contributed by atoms with van der Waals surface area (Å²) in [7, 11) is 3.39. The molecule has 5 nitrogen and oxygen atoms in total. The van der Waals surface area contributed by atoms with E-state index in [0.29, 0.717) is 22.1 Å². The molecule has 0 radical (unpaired) electrons. The number of anilines is 2. The molecule has 0 aliphatic carbocycles. The van der Waals surface area contributed by atoms with Gasteiger partial charge < -0.3 is 10.6 Å². The number of rotatable bonds is 2. The van der Waals surface area contributed by atoms with Crippen molar-refractivity contribution in [2.75, 3.05) is 17.7 Å². The topological polar surface area (TPSA) is 64.2 Å². The van der Waals surface area contributed by atoms with Gasteiger partial charge >= 0.3 is 0 Å². The Morgan fingerprint density at radius 3 is 2.78 bits per heavy atom. The molecule has 0 aliphatic rings. The predicted molar refractivity (Wildman–Crippen MR) is 71.8 cm³/mol. The maximum Gasteiger partial charge on any atom is 0.278 e. The fourth-order valence-corrected chi connectivity index (χ4v) is 1.78. The third-order valence-electron chi connectivity index (χ3n) is 2.59. The minimum Gasteiger partial charge on any atom is -0.397 e. The van der Waals surface area contributed by atoms with E-state index in [2.05, 4.69) is 5.10 Å². The molecule has 0 atom stereocenters. The van der Waals surface area contributed by atoms with Crippen molar-refractivity contribution in [2.45, 2.75) is 0 Å². The van der Waals surface area contributed by atoms with Crippen LogP contribution in [0.15, 0.2) is 30.5 Å². The number of amides is 1. The molecule has 0 aliphatic heterocycles. The molecule has 0 spiro atoms. The van der Waals surface area contributed by atoms with Crippen LogP contribution in [-0.2, 0) is 7.05 Å². The van der Waals surface area contributed by atoms with Crippen LogP contribution in [0.2, 0.25) is 5.02 Å². The highest BCUT2D eigenvalue weighted by Crippen LogP contribution is 2.26. The van der Waals surface area contributed by atoms with Gasteiger partial charge in [0.1, 0.15) is 0 Å². The summed E-state index contributed by atoms with van der Waals surface area (Å²) in [6.07, 6.45) is 1.71. The molecule has 18 heavy (non-hydrogen) atoms. The lowest BCUT2D eigenvalue weighted by molar-refractivity contribution is 0.0987. The summed E-state index contributed by atoms with van der Waals surface area (Å²) in [6.45, 7) is 0. The highest BCUT2D eigenvalue weighted by atomic mass is 35.5. The summed E-state index contributed by atoms with van der Waals surface area (Å²) < 4.78 is 1.57. The summed E-state index contributed by atoms with van der Waals surface area (Å²) in [6, 6.07) is 6.65. The minimum atomic E-state index is -0.232. The van der Waals surface area contributed by atoms with Crippen LogP contribution in [0.1, 0.15) is 10.5 Å². The molecule has 0 fully saturated rings. The normalized spacial score (nSPS) is 10.4. The number of aryl methyl sites for hydroxylation is 1. The molecular formula is C12H13ClN4O. The van der Waals surface area contributed by atoms with Crippen molar-refractivity contribution in [3.8, 4) is 0 Å². The lowest BCUT2D eigenvalue weighted by Gasteiger charge is -2.18. The van der Waals surface area contributed by atoms with Crippen molar-refractivity contribution in [1.82, 2.24) is 9.78 Å². The maximum absolute atomic E-state index is 12.2. The van der Waals surface area contributed by atoms with Crippen LogP contribution in [0.3, 0.4) is 0 Å². The van der Waals surface area contributed by atoms with Crippen LogP contribution >= 0.6 is 11.6 Å². The molecule has 2 rings (SSSR count). The molecule has 1 heterocycles. The lowest BCUT2D eigenvalue weighted by Crippen LogP contribution is -2.27. The Morgan fingerprint density at radius 1 is 1.44 bits per heavy atom. The summed E-state index contributed by atoms with van der Waals surface area (Å²) in [5, 5.41) is 4.59. The van der Waals surface area contributed by atoms with Gasteiger partial charge in [-0.05, 0) is 24.3 Å². The number of carbonyl (C=O) groups is 1. The van der Waals surface area contributed by atoms with E-state index >= 15 is 0 Å². The minimum absolute atomic E-state index is 0.232. The zero-order valence-electron chi connectivity index (χ0n) is 10.1. The Labute approximate surface area is 110 Å². The van der Waals surface area contributed by atoms with E-state index in [1.54, 1.807) is 49.2 Å². The second kappa shape index (κ2) is 4.70. The first-order chi connectivity index (χ1) is 8.49. The van der Waals surface area contributed by atoms with Crippen molar-refractivity contribution < 1.29 is 4.79 Å². The Balaban J connectivity index is 2.33. The fourth-order valence-electron chi connectivity index (χ4n) is 1.62. The van der Waals surface area contributed by atoms with Crippen LogP contribution in [0.25, 0.3) is 0 Å². The quantitative estimate of drug-likeness (QED) is 0.843. The van der Waals surface area contributed by atoms with Crippen LogP contribution in [0.4, 0.5) is 11.4 Å². The van der Waals surface area contributed by atoms with Gasteiger partial charge in [0.25, 0.3) is 5.91 Å². The smallest absolute Gasteiger partial charge is 0.278 e. The lowest BCUT2D eigenvalue weighted by atomic mass is 10.2. The molecule has 1 aromatic carbocycles. The first-order valence-electron chi connectivity index (χ1n) is 5.32. The average molecular weight is 265 g/mol. The molecule has 0 bridgehead atoms. The highest BCUT2D eigenvalue weighted by Gasteiger charge is 2.17. The van der Waals surface area contributed by atoms with E-state index in [1.807, 2.05) is 0 Å². The van der Waals surface area contributed by atoms with Gasteiger partial charge in [-0.15, -0.1) is 0 Å². The summed E-state index contributed by atoms with van der Waals surface area (Å²) in [5.41, 5.74) is 7.25. The second-order valence-corrected chi connectivity index (χ2v) is 4.38. The Morgan fingerprint density at radius 2 is 2.17 bits per heavy atom. The van der Waals surface area contributed by atoms with Crippen molar-refractivity contribution in [3.05, 3.63) is 41.2 Å². The van der Waals surface area contributed by atoms with Gasteiger partial charge in [0.15, 0.2) is 5.69 Å². The second-order valence-electron chi connectivity index (χ2n) is 3.94. The summed E-state index contributed by atoms with van der Waals surface area (Å²) in [5.74, 6) is -0.232. The number of hydrogen-bond donors (Lipinski definition) is 1. The number of hydrogen-bond acceptors (Lipinski definition) is 3. The van der Waals surface area contributed by atoms with Crippen molar-refractivity contribution in [3.63, 3.8) is 0 Å². The van der Waals surface area contributed by atoms with E-state index < -0.39 is 0 Å². The van der Waals surface area contributed by atoms with Gasteiger partial charge in [-0.2, -0.15) is 5.10 Å². The van der Waals surface area contributed by atoms with Gasteiger partial charge in [-0.1, -0.05) is 11.6 Å². The van der Waals surface area contributed by atoms with E-state index in [1.165, 1.54) is 4.90 Å². The molecule has 6 heteroatoms. The van der Waals surface area contributed by atoms with E-state index in [9.17, 15) is 4.79 Å². The number of nitrogen functional groups attached to an aromatic ring is 1. The maximum atomic E-state index is 12.2. The molecule has 0 unspecified atom stereocenters. The monoisotopic (exact) mass is 264 g/mol. The Bertz CT molecular complexity index is 594. The largest absolute Gasteiger partial charge is 0.397 e. The van der Waals surface area contributed by atoms with Crippen LogP contribution in [0, 0.1) is 0 Å². The number of nitrogens with two attached hydrogens (primary N) is 1. The highest BCUT2D eigenvalue weighted by molar-refractivity contribution is 6.31. The Hall–Kier alpha value is -2.01. The zero-order valence-corrected chi connectivity index (χ0v) is 10.8. The van der Waals surface area contributed by atoms with Crippen LogP contribution in [0.5, 0.6) is 0 Å². The number of benzene rings is 1. The molecule has 1 aromatic heterocycles. The summed E-state index contributed by atoms with van der Waals surface area (Å²) >= 11 is 5.90. The SMILES string of the molecule is CN(C(=O)c1ccn(C)n1)c1cc(Cl)ccc1N. The number of carbonyl (C=O) groups excluding carboxylic acids is 1. The summed E-state index contributed by atoms with van der Waals surface area (Å²) in [4.78, 5) is 13.6. The number of halogens is 1. The van der Waals surface area contributed by atoms with E-state index in [4.69, 9.17) is 17.3 Å². The first-order valence-corrected chi connectivity index (χ1v) is 5.69. The average Bonchev–Trinajstić information content (AvgIpc) is 2.77. The van der Waals surface area contributed by atoms with Crippen molar-refractivity contribution in [2.24, 2.45) is 7.05 Å². The van der Waals surface area contributed by atoms with Gasteiger partial charge in [0.05, 0.1) is 11.4 Å². The van der Waals surface area contributed by atoms with Crippen LogP contribution < -0.4 is 10.6 Å². The van der Waals surface area contributed by atoms with Crippen molar-refractivity contribution in [1.29, 1.82) is 0 Å². The standard InChI is InChI=1S/C12H13ClN4O/c1-16-6-5-10(15-16)12(18)17(2)11-7-8(13)3-4-9(11)14/h3-7H,14H2,1-2H3. The number of aromatic nitrogens is 2. The third kappa shape index (κ3) is 2.31. The molecule has 1 amide bonds. The van der Waals surface area contributed by atoms with E-state index in [-0.39, 0.29) is 5.91 Å². The number of nitrogens with zero attached hydrogens (tertiary/aromatic N) is 3. The molecule has 94 valence electrons. The van der Waals surface area contributed by atoms with E-state index in [0.717, 1.165) is 0 Å². The Kier molecular flexibility index (Phi) is 3.25. The molecule has 0 saturated carbocycles. The van der Waals surface area contributed by atoms with Gasteiger partial charge in [0, 0.05) is 25.3 Å². The van der Waals surface area contributed by atoms with Gasteiger partial charge in [-0.25, -0.2) is 0 Å². The molecule has 2 aromatic rings. The fraction of sp³-hybridized carbons (Fsp3) is 0.167. The molecule has 0 saturated heterocycles. The molecule has 2 N–H and O–H groups in total.